The van der Waals surface area contributed by atoms with Gasteiger partial charge in [-0.05, 0) is 50.4 Å². The third kappa shape index (κ3) is 4.19. The standard InChI is InChI=1S/C23H31N5O3/c1-17-13-26(10-11-31-17)22(29)20-4-5-21-19-12-18(15-28(21)23(20)30)14-25(16-19)7-3-9-27-8-2-6-24-27/h2,4-6,8,17-19H,3,7,9-16H2,1H3/t17-,18-,19+/m0/s1. The van der Waals surface area contributed by atoms with Crippen molar-refractivity contribution in [1.29, 1.82) is 0 Å². The lowest BCUT2D eigenvalue weighted by molar-refractivity contribution is -0.0125. The second-order valence-corrected chi connectivity index (χ2v) is 9.20. The first-order valence-corrected chi connectivity index (χ1v) is 11.4. The van der Waals surface area contributed by atoms with Crippen LogP contribution in [0, 0.1) is 5.92 Å². The van der Waals surface area contributed by atoms with Gasteiger partial charge in [-0.2, -0.15) is 5.10 Å². The van der Waals surface area contributed by atoms with Gasteiger partial charge >= 0.3 is 0 Å². The monoisotopic (exact) mass is 425 g/mol. The van der Waals surface area contributed by atoms with Gasteiger partial charge in [0.2, 0.25) is 0 Å². The van der Waals surface area contributed by atoms with Gasteiger partial charge in [-0.1, -0.05) is 0 Å². The van der Waals surface area contributed by atoms with Crippen molar-refractivity contribution in [3.63, 3.8) is 0 Å². The maximum Gasteiger partial charge on any atom is 0.263 e. The molecule has 3 aliphatic heterocycles. The van der Waals surface area contributed by atoms with Gasteiger partial charge in [-0.25, -0.2) is 0 Å². The van der Waals surface area contributed by atoms with Crippen LogP contribution in [0.2, 0.25) is 0 Å². The molecule has 1 amide bonds. The minimum Gasteiger partial charge on any atom is -0.375 e. The van der Waals surface area contributed by atoms with Crippen LogP contribution in [0.5, 0.6) is 0 Å². The Kier molecular flexibility index (Phi) is 5.67. The highest BCUT2D eigenvalue weighted by atomic mass is 16.5. The van der Waals surface area contributed by atoms with Crippen LogP contribution in [0.4, 0.5) is 0 Å². The van der Waals surface area contributed by atoms with Gasteiger partial charge in [0, 0.05) is 63.3 Å². The predicted octanol–water partition coefficient (Wildman–Crippen LogP) is 1.42. The number of nitrogens with zero attached hydrogens (tertiary/aromatic N) is 5. The molecule has 2 saturated heterocycles. The fourth-order valence-corrected chi connectivity index (χ4v) is 5.45. The van der Waals surface area contributed by atoms with Crippen molar-refractivity contribution in [1.82, 2.24) is 24.1 Å². The van der Waals surface area contributed by atoms with Gasteiger partial charge in [0.25, 0.3) is 11.5 Å². The van der Waals surface area contributed by atoms with E-state index in [-0.39, 0.29) is 17.6 Å². The smallest absolute Gasteiger partial charge is 0.263 e. The maximum atomic E-state index is 13.3. The van der Waals surface area contributed by atoms with Crippen molar-refractivity contribution in [3.05, 3.63) is 52.2 Å². The van der Waals surface area contributed by atoms with Crippen LogP contribution in [0.25, 0.3) is 0 Å². The molecule has 0 N–H and O–H groups in total. The lowest BCUT2D eigenvalue weighted by atomic mass is 9.83. The van der Waals surface area contributed by atoms with Gasteiger partial charge in [-0.15, -0.1) is 0 Å². The van der Waals surface area contributed by atoms with Gasteiger partial charge < -0.3 is 19.1 Å². The molecule has 166 valence electrons. The molecule has 2 bridgehead atoms. The number of hydrogen-bond donors (Lipinski definition) is 0. The summed E-state index contributed by atoms with van der Waals surface area (Å²) in [6.07, 6.45) is 6.03. The summed E-state index contributed by atoms with van der Waals surface area (Å²) in [7, 11) is 0. The van der Waals surface area contributed by atoms with Crippen molar-refractivity contribution >= 4 is 5.91 Å². The largest absolute Gasteiger partial charge is 0.375 e. The number of fused-ring (bicyclic) bond motifs is 4. The first-order valence-electron chi connectivity index (χ1n) is 11.4. The summed E-state index contributed by atoms with van der Waals surface area (Å²) in [5.74, 6) is 0.659. The predicted molar refractivity (Wildman–Crippen MR) is 116 cm³/mol. The molecular formula is C23H31N5O3. The van der Waals surface area contributed by atoms with Crippen LogP contribution < -0.4 is 5.56 Å². The molecule has 0 unspecified atom stereocenters. The Balaban J connectivity index is 1.28. The normalized spacial score (nSPS) is 26.0. The minimum atomic E-state index is -0.161. The molecule has 5 heterocycles. The molecule has 3 aliphatic rings. The number of ether oxygens (including phenoxy) is 1. The molecule has 2 aromatic rings. The molecule has 2 fully saturated rings. The molecule has 0 saturated carbocycles. The second kappa shape index (κ2) is 8.59. The van der Waals surface area contributed by atoms with Gasteiger partial charge in [0.15, 0.2) is 0 Å². The molecule has 8 nitrogen and oxygen atoms in total. The number of pyridine rings is 1. The van der Waals surface area contributed by atoms with Gasteiger partial charge in [0.05, 0.1) is 12.7 Å². The number of hydrogen-bond acceptors (Lipinski definition) is 5. The van der Waals surface area contributed by atoms with Crippen molar-refractivity contribution in [2.75, 3.05) is 39.3 Å². The Labute approximate surface area is 182 Å². The summed E-state index contributed by atoms with van der Waals surface area (Å²) in [6.45, 7) is 8.25. The van der Waals surface area contributed by atoms with Crippen LogP contribution in [-0.2, 0) is 17.8 Å². The van der Waals surface area contributed by atoms with E-state index in [1.165, 1.54) is 0 Å². The zero-order chi connectivity index (χ0) is 21.4. The highest BCUT2D eigenvalue weighted by Crippen LogP contribution is 2.35. The fourth-order valence-electron chi connectivity index (χ4n) is 5.45. The number of carbonyl (C=O) groups excluding carboxylic acids is 1. The summed E-state index contributed by atoms with van der Waals surface area (Å²) in [6, 6.07) is 5.73. The van der Waals surface area contributed by atoms with Crippen LogP contribution in [0.15, 0.2) is 35.4 Å². The number of rotatable bonds is 5. The Morgan fingerprint density at radius 1 is 1.19 bits per heavy atom. The van der Waals surface area contributed by atoms with Crippen molar-refractivity contribution < 1.29 is 9.53 Å². The van der Waals surface area contributed by atoms with Crippen molar-refractivity contribution in [3.8, 4) is 0 Å². The molecule has 3 atom stereocenters. The summed E-state index contributed by atoms with van der Waals surface area (Å²) < 4.78 is 9.40. The molecule has 0 aliphatic carbocycles. The number of morpholine rings is 1. The van der Waals surface area contributed by atoms with Gasteiger partial charge in [0.1, 0.15) is 5.56 Å². The molecule has 2 aromatic heterocycles. The van der Waals surface area contributed by atoms with Crippen LogP contribution >= 0.6 is 0 Å². The second-order valence-electron chi connectivity index (χ2n) is 9.20. The summed E-state index contributed by atoms with van der Waals surface area (Å²) in [5, 5.41) is 4.28. The van der Waals surface area contributed by atoms with E-state index in [4.69, 9.17) is 4.74 Å². The highest BCUT2D eigenvalue weighted by molar-refractivity contribution is 5.94. The van der Waals surface area contributed by atoms with Crippen molar-refractivity contribution in [2.45, 2.75) is 44.9 Å². The molecule has 0 spiro atoms. The highest BCUT2D eigenvalue weighted by Gasteiger charge is 2.35. The van der Waals surface area contributed by atoms with E-state index in [1.54, 1.807) is 11.0 Å². The number of likely N-dealkylation sites (tertiary alicyclic amines) is 1. The third-order valence-corrected chi connectivity index (χ3v) is 6.86. The third-order valence-electron chi connectivity index (χ3n) is 6.86. The summed E-state index contributed by atoms with van der Waals surface area (Å²) in [4.78, 5) is 30.5. The van der Waals surface area contributed by atoms with E-state index >= 15 is 0 Å². The number of amides is 1. The summed E-state index contributed by atoms with van der Waals surface area (Å²) in [5.41, 5.74) is 1.27. The zero-order valence-corrected chi connectivity index (χ0v) is 18.2. The maximum absolute atomic E-state index is 13.3. The lowest BCUT2D eigenvalue weighted by Gasteiger charge is -2.43. The first kappa shape index (κ1) is 20.5. The minimum absolute atomic E-state index is 0.0108. The Bertz CT molecular complexity index is 986. The topological polar surface area (TPSA) is 72.6 Å². The van der Waals surface area contributed by atoms with E-state index in [2.05, 4.69) is 10.00 Å². The van der Waals surface area contributed by atoms with Crippen LogP contribution in [0.3, 0.4) is 0 Å². The van der Waals surface area contributed by atoms with Gasteiger partial charge in [-0.3, -0.25) is 14.3 Å². The number of carbonyl (C=O) groups is 1. The van der Waals surface area contributed by atoms with Crippen LogP contribution in [-0.4, -0.2) is 75.5 Å². The average Bonchev–Trinajstić information content (AvgIpc) is 3.28. The van der Waals surface area contributed by atoms with E-state index in [0.717, 1.165) is 44.7 Å². The number of aryl methyl sites for hydroxylation is 1. The lowest BCUT2D eigenvalue weighted by Crippen LogP contribution is -2.49. The molecule has 5 rings (SSSR count). The van der Waals surface area contributed by atoms with E-state index < -0.39 is 0 Å². The molecule has 31 heavy (non-hydrogen) atoms. The Hall–Kier alpha value is -2.45. The molecule has 8 heteroatoms. The zero-order valence-electron chi connectivity index (χ0n) is 18.2. The van der Waals surface area contributed by atoms with Crippen molar-refractivity contribution in [2.24, 2.45) is 5.92 Å². The number of piperidine rings is 1. The Morgan fingerprint density at radius 2 is 2.10 bits per heavy atom. The Morgan fingerprint density at radius 3 is 2.90 bits per heavy atom. The quantitative estimate of drug-likeness (QED) is 0.724. The number of aromatic nitrogens is 3. The van der Waals surface area contributed by atoms with Crippen LogP contribution in [0.1, 0.15) is 41.7 Å². The molecular weight excluding hydrogens is 394 g/mol. The van der Waals surface area contributed by atoms with E-state index in [9.17, 15) is 9.59 Å². The first-order chi connectivity index (χ1) is 15.1. The molecule has 0 aromatic carbocycles. The molecule has 0 radical (unpaired) electrons. The average molecular weight is 426 g/mol. The van der Waals surface area contributed by atoms with E-state index in [1.807, 2.05) is 40.7 Å². The fraction of sp³-hybridized carbons (Fsp3) is 0.609. The summed E-state index contributed by atoms with van der Waals surface area (Å²) >= 11 is 0. The SMILES string of the molecule is C[C@H]1CN(C(=O)c2ccc3n(c2=O)C[C@H]2C[C@@H]3CN(CCCn3cccn3)C2)CCO1. The van der Waals surface area contributed by atoms with E-state index in [0.29, 0.717) is 43.6 Å².